The van der Waals surface area contributed by atoms with E-state index >= 15 is 0 Å². The van der Waals surface area contributed by atoms with E-state index in [1.165, 1.54) is 0 Å². The van der Waals surface area contributed by atoms with Crippen LogP contribution in [-0.4, -0.2) is 18.0 Å². The van der Waals surface area contributed by atoms with E-state index in [1.807, 2.05) is 37.3 Å². The SMILES string of the molecule is COc1ccc2c(Oc3cccc(C(=O)NCc4ccc(C#N)cc4Cl)c3C)ccnc2c1. The van der Waals surface area contributed by atoms with Gasteiger partial charge in [-0.05, 0) is 55.0 Å². The molecule has 0 fully saturated rings. The molecular formula is C26H20ClN3O3. The number of rotatable bonds is 6. The molecule has 0 atom stereocenters. The number of hydrogen-bond acceptors (Lipinski definition) is 5. The summed E-state index contributed by atoms with van der Waals surface area (Å²) in [7, 11) is 1.61. The number of aromatic nitrogens is 1. The quantitative estimate of drug-likeness (QED) is 0.395. The zero-order valence-electron chi connectivity index (χ0n) is 18.1. The first-order valence-electron chi connectivity index (χ1n) is 10.2. The van der Waals surface area contributed by atoms with Crippen molar-refractivity contribution in [3.63, 3.8) is 0 Å². The van der Waals surface area contributed by atoms with E-state index in [9.17, 15) is 4.79 Å². The highest BCUT2D eigenvalue weighted by Crippen LogP contribution is 2.33. The predicted octanol–water partition coefficient (Wildman–Crippen LogP) is 5.80. The summed E-state index contributed by atoms with van der Waals surface area (Å²) < 4.78 is 11.4. The van der Waals surface area contributed by atoms with Gasteiger partial charge in [0.05, 0.1) is 24.3 Å². The zero-order valence-corrected chi connectivity index (χ0v) is 18.8. The molecule has 0 aliphatic rings. The Hall–Kier alpha value is -4.08. The van der Waals surface area contributed by atoms with Crippen LogP contribution in [0, 0.1) is 18.3 Å². The standard InChI is InChI=1S/C26H20ClN3O3/c1-16-20(26(31)30-15-18-7-6-17(14-28)12-22(18)27)4-3-5-24(16)33-25-10-11-29-23-13-19(32-2)8-9-21(23)25/h3-13H,15H2,1-2H3,(H,30,31). The monoisotopic (exact) mass is 457 g/mol. The second-order valence-corrected chi connectivity index (χ2v) is 7.73. The number of amides is 1. The highest BCUT2D eigenvalue weighted by atomic mass is 35.5. The molecule has 4 rings (SSSR count). The molecule has 33 heavy (non-hydrogen) atoms. The number of nitriles is 1. The van der Waals surface area contributed by atoms with Crippen LogP contribution in [0.3, 0.4) is 0 Å². The molecule has 1 heterocycles. The van der Waals surface area contributed by atoms with E-state index in [1.54, 1.807) is 49.7 Å². The van der Waals surface area contributed by atoms with Crippen molar-refractivity contribution >= 4 is 28.4 Å². The van der Waals surface area contributed by atoms with Gasteiger partial charge in [0.25, 0.3) is 5.91 Å². The van der Waals surface area contributed by atoms with Crippen LogP contribution in [0.2, 0.25) is 5.02 Å². The minimum atomic E-state index is -0.248. The summed E-state index contributed by atoms with van der Waals surface area (Å²) >= 11 is 6.22. The average Bonchev–Trinajstić information content (AvgIpc) is 2.84. The van der Waals surface area contributed by atoms with Gasteiger partial charge in [-0.2, -0.15) is 5.26 Å². The number of benzene rings is 3. The number of carbonyl (C=O) groups excluding carboxylic acids is 1. The van der Waals surface area contributed by atoms with Gasteiger partial charge in [-0.1, -0.05) is 23.7 Å². The maximum Gasteiger partial charge on any atom is 0.251 e. The Labute approximate surface area is 196 Å². The Kier molecular flexibility index (Phi) is 6.43. The first kappa shape index (κ1) is 22.1. The first-order valence-corrected chi connectivity index (χ1v) is 10.5. The summed E-state index contributed by atoms with van der Waals surface area (Å²) in [4.78, 5) is 17.3. The smallest absolute Gasteiger partial charge is 0.251 e. The molecule has 0 radical (unpaired) electrons. The normalized spacial score (nSPS) is 10.5. The number of fused-ring (bicyclic) bond motifs is 1. The summed E-state index contributed by atoms with van der Waals surface area (Å²) in [5.74, 6) is 1.67. The molecule has 3 aromatic carbocycles. The van der Waals surface area contributed by atoms with E-state index in [-0.39, 0.29) is 12.5 Å². The van der Waals surface area contributed by atoms with Gasteiger partial charge in [-0.25, -0.2) is 0 Å². The third-order valence-electron chi connectivity index (χ3n) is 5.28. The fraction of sp³-hybridized carbons (Fsp3) is 0.115. The summed E-state index contributed by atoms with van der Waals surface area (Å²) in [6.07, 6.45) is 1.67. The van der Waals surface area contributed by atoms with E-state index in [0.717, 1.165) is 16.5 Å². The van der Waals surface area contributed by atoms with E-state index in [2.05, 4.69) is 10.3 Å². The summed E-state index contributed by atoms with van der Waals surface area (Å²) in [5, 5.41) is 13.1. The molecule has 6 nitrogen and oxygen atoms in total. The van der Waals surface area contributed by atoms with Gasteiger partial charge in [0, 0.05) is 40.3 Å². The van der Waals surface area contributed by atoms with Crippen molar-refractivity contribution in [1.29, 1.82) is 5.26 Å². The fourth-order valence-corrected chi connectivity index (χ4v) is 3.69. The fourth-order valence-electron chi connectivity index (χ4n) is 3.44. The molecule has 1 amide bonds. The Bertz CT molecular complexity index is 1400. The number of carbonyl (C=O) groups is 1. The second-order valence-electron chi connectivity index (χ2n) is 7.32. The van der Waals surface area contributed by atoms with Gasteiger partial charge in [-0.15, -0.1) is 0 Å². The van der Waals surface area contributed by atoms with Crippen LogP contribution in [0.15, 0.2) is 66.9 Å². The lowest BCUT2D eigenvalue weighted by molar-refractivity contribution is 0.0950. The third-order valence-corrected chi connectivity index (χ3v) is 5.63. The number of nitrogens with zero attached hydrogens (tertiary/aromatic N) is 2. The van der Waals surface area contributed by atoms with Gasteiger partial charge in [0.2, 0.25) is 0 Å². The van der Waals surface area contributed by atoms with Crippen molar-refractivity contribution in [3.8, 4) is 23.3 Å². The Morgan fingerprint density at radius 1 is 1.12 bits per heavy atom. The summed E-state index contributed by atoms with van der Waals surface area (Å²) in [6, 6.07) is 19.7. The molecule has 0 unspecified atom stereocenters. The molecular weight excluding hydrogens is 438 g/mol. The number of halogens is 1. The molecule has 0 aliphatic carbocycles. The summed E-state index contributed by atoms with van der Waals surface area (Å²) in [5.41, 5.74) is 3.15. The maximum absolute atomic E-state index is 12.9. The van der Waals surface area contributed by atoms with Crippen molar-refractivity contribution < 1.29 is 14.3 Å². The molecule has 1 aromatic heterocycles. The molecule has 7 heteroatoms. The average molecular weight is 458 g/mol. The minimum absolute atomic E-state index is 0.241. The third kappa shape index (κ3) is 4.74. The molecule has 0 saturated heterocycles. The van der Waals surface area contributed by atoms with Crippen molar-refractivity contribution in [2.24, 2.45) is 0 Å². The van der Waals surface area contributed by atoms with Crippen LogP contribution >= 0.6 is 11.6 Å². The number of methoxy groups -OCH3 is 1. The van der Waals surface area contributed by atoms with E-state index in [0.29, 0.717) is 39.0 Å². The van der Waals surface area contributed by atoms with Crippen LogP contribution in [0.25, 0.3) is 10.9 Å². The second kappa shape index (κ2) is 9.60. The Morgan fingerprint density at radius 2 is 1.97 bits per heavy atom. The zero-order chi connectivity index (χ0) is 23.4. The van der Waals surface area contributed by atoms with Crippen LogP contribution in [0.1, 0.15) is 27.0 Å². The van der Waals surface area contributed by atoms with Gasteiger partial charge in [-0.3, -0.25) is 9.78 Å². The number of pyridine rings is 1. The first-order chi connectivity index (χ1) is 16.0. The molecule has 0 bridgehead atoms. The highest BCUT2D eigenvalue weighted by Gasteiger charge is 2.15. The molecule has 1 N–H and O–H groups in total. The molecule has 164 valence electrons. The van der Waals surface area contributed by atoms with E-state index < -0.39 is 0 Å². The van der Waals surface area contributed by atoms with Crippen LogP contribution < -0.4 is 14.8 Å². The Morgan fingerprint density at radius 3 is 2.73 bits per heavy atom. The van der Waals surface area contributed by atoms with Gasteiger partial charge in [0.1, 0.15) is 17.2 Å². The lowest BCUT2D eigenvalue weighted by Crippen LogP contribution is -2.23. The van der Waals surface area contributed by atoms with Crippen molar-refractivity contribution in [3.05, 3.63) is 94.1 Å². The van der Waals surface area contributed by atoms with Crippen molar-refractivity contribution in [1.82, 2.24) is 10.3 Å². The number of nitrogens with one attached hydrogen (secondary N) is 1. The summed E-state index contributed by atoms with van der Waals surface area (Å²) in [6.45, 7) is 2.08. The van der Waals surface area contributed by atoms with Gasteiger partial charge < -0.3 is 14.8 Å². The lowest BCUT2D eigenvalue weighted by Gasteiger charge is -2.14. The number of hydrogen-bond donors (Lipinski definition) is 1. The topological polar surface area (TPSA) is 84.2 Å². The molecule has 0 aliphatic heterocycles. The molecule has 0 spiro atoms. The lowest BCUT2D eigenvalue weighted by atomic mass is 10.1. The van der Waals surface area contributed by atoms with Crippen LogP contribution in [0.5, 0.6) is 17.2 Å². The maximum atomic E-state index is 12.9. The minimum Gasteiger partial charge on any atom is -0.497 e. The van der Waals surface area contributed by atoms with Crippen LogP contribution in [-0.2, 0) is 6.54 Å². The van der Waals surface area contributed by atoms with Crippen molar-refractivity contribution in [2.45, 2.75) is 13.5 Å². The van der Waals surface area contributed by atoms with E-state index in [4.69, 9.17) is 26.3 Å². The highest BCUT2D eigenvalue weighted by molar-refractivity contribution is 6.31. The number of ether oxygens (including phenoxy) is 2. The van der Waals surface area contributed by atoms with Gasteiger partial charge in [0.15, 0.2) is 0 Å². The molecule has 4 aromatic rings. The van der Waals surface area contributed by atoms with Crippen molar-refractivity contribution in [2.75, 3.05) is 7.11 Å². The molecule has 0 saturated carbocycles. The van der Waals surface area contributed by atoms with Gasteiger partial charge >= 0.3 is 0 Å². The van der Waals surface area contributed by atoms with Crippen LogP contribution in [0.4, 0.5) is 0 Å². The largest absolute Gasteiger partial charge is 0.497 e. The Balaban J connectivity index is 1.55. The predicted molar refractivity (Wildman–Crippen MR) is 127 cm³/mol.